The standard InChI is InChI=1S/C10H12ClN3/c11-9-2-3-10-8(6-9)7-13-14(10)5-1-4-12/h2-3,6-7H,1,4-5,12H2. The Kier molecular flexibility index (Phi) is 2.70. The molecule has 0 aliphatic rings. The van der Waals surface area contributed by atoms with Gasteiger partial charge in [-0.1, -0.05) is 11.6 Å². The van der Waals surface area contributed by atoms with Crippen molar-refractivity contribution in [2.24, 2.45) is 5.73 Å². The molecule has 1 aromatic heterocycles. The average molecular weight is 210 g/mol. The fourth-order valence-corrected chi connectivity index (χ4v) is 1.66. The fourth-order valence-electron chi connectivity index (χ4n) is 1.48. The first-order valence-electron chi connectivity index (χ1n) is 4.62. The molecule has 14 heavy (non-hydrogen) atoms. The van der Waals surface area contributed by atoms with Crippen LogP contribution in [0.1, 0.15) is 6.42 Å². The molecule has 2 rings (SSSR count). The van der Waals surface area contributed by atoms with Gasteiger partial charge in [-0.3, -0.25) is 4.68 Å². The molecule has 0 bridgehead atoms. The molecule has 1 heterocycles. The molecule has 0 spiro atoms. The summed E-state index contributed by atoms with van der Waals surface area (Å²) in [4.78, 5) is 0. The van der Waals surface area contributed by atoms with E-state index in [2.05, 4.69) is 5.10 Å². The molecule has 0 atom stereocenters. The Morgan fingerprint density at radius 1 is 1.43 bits per heavy atom. The van der Waals surface area contributed by atoms with E-state index in [1.54, 1.807) is 0 Å². The maximum atomic E-state index is 5.88. The Balaban J connectivity index is 2.37. The van der Waals surface area contributed by atoms with Gasteiger partial charge in [0.15, 0.2) is 0 Å². The van der Waals surface area contributed by atoms with Crippen molar-refractivity contribution in [1.82, 2.24) is 9.78 Å². The maximum Gasteiger partial charge on any atom is 0.0683 e. The van der Waals surface area contributed by atoms with Crippen LogP contribution in [0, 0.1) is 0 Å². The van der Waals surface area contributed by atoms with E-state index in [4.69, 9.17) is 17.3 Å². The number of benzene rings is 1. The lowest BCUT2D eigenvalue weighted by Gasteiger charge is -2.01. The summed E-state index contributed by atoms with van der Waals surface area (Å²) in [6, 6.07) is 5.79. The van der Waals surface area contributed by atoms with E-state index in [0.717, 1.165) is 28.9 Å². The third-order valence-corrected chi connectivity index (χ3v) is 2.41. The molecule has 0 aliphatic carbocycles. The molecule has 4 heteroatoms. The summed E-state index contributed by atoms with van der Waals surface area (Å²) in [7, 11) is 0. The highest BCUT2D eigenvalue weighted by atomic mass is 35.5. The van der Waals surface area contributed by atoms with Crippen LogP contribution in [0.3, 0.4) is 0 Å². The van der Waals surface area contributed by atoms with Crippen LogP contribution in [0.5, 0.6) is 0 Å². The van der Waals surface area contributed by atoms with Crippen molar-refractivity contribution in [3.8, 4) is 0 Å². The van der Waals surface area contributed by atoms with Gasteiger partial charge in [-0.05, 0) is 31.2 Å². The third kappa shape index (κ3) is 1.74. The largest absolute Gasteiger partial charge is 0.330 e. The average Bonchev–Trinajstić information content (AvgIpc) is 2.57. The highest BCUT2D eigenvalue weighted by Crippen LogP contribution is 2.18. The van der Waals surface area contributed by atoms with Gasteiger partial charge in [0.2, 0.25) is 0 Å². The summed E-state index contributed by atoms with van der Waals surface area (Å²) < 4.78 is 1.96. The Morgan fingerprint density at radius 2 is 2.29 bits per heavy atom. The van der Waals surface area contributed by atoms with Crippen molar-refractivity contribution in [2.45, 2.75) is 13.0 Å². The molecule has 74 valence electrons. The highest BCUT2D eigenvalue weighted by Gasteiger charge is 2.01. The predicted molar refractivity (Wildman–Crippen MR) is 58.4 cm³/mol. The predicted octanol–water partition coefficient (Wildman–Crippen LogP) is 2.04. The van der Waals surface area contributed by atoms with Gasteiger partial charge in [-0.15, -0.1) is 0 Å². The number of fused-ring (bicyclic) bond motifs is 1. The van der Waals surface area contributed by atoms with Gasteiger partial charge in [0.05, 0.1) is 11.7 Å². The van der Waals surface area contributed by atoms with Gasteiger partial charge in [-0.2, -0.15) is 5.10 Å². The van der Waals surface area contributed by atoms with Gasteiger partial charge < -0.3 is 5.73 Å². The molecule has 0 fully saturated rings. The van der Waals surface area contributed by atoms with Gasteiger partial charge in [0, 0.05) is 17.0 Å². The minimum absolute atomic E-state index is 0.689. The Bertz CT molecular complexity index is 436. The van der Waals surface area contributed by atoms with E-state index in [9.17, 15) is 0 Å². The number of hydrogen-bond acceptors (Lipinski definition) is 2. The Labute approximate surface area is 87.5 Å². The van der Waals surface area contributed by atoms with Gasteiger partial charge in [0.25, 0.3) is 0 Å². The molecular formula is C10H12ClN3. The number of halogens is 1. The molecule has 0 saturated heterocycles. The second-order valence-corrected chi connectivity index (χ2v) is 3.65. The van der Waals surface area contributed by atoms with Gasteiger partial charge in [0.1, 0.15) is 0 Å². The zero-order valence-electron chi connectivity index (χ0n) is 7.78. The highest BCUT2D eigenvalue weighted by molar-refractivity contribution is 6.31. The fraction of sp³-hybridized carbons (Fsp3) is 0.300. The summed E-state index contributed by atoms with van der Waals surface area (Å²) in [5, 5.41) is 6.10. The number of aryl methyl sites for hydroxylation is 1. The summed E-state index contributed by atoms with van der Waals surface area (Å²) in [6.45, 7) is 1.55. The summed E-state index contributed by atoms with van der Waals surface area (Å²) in [5.74, 6) is 0. The van der Waals surface area contributed by atoms with Crippen molar-refractivity contribution in [3.63, 3.8) is 0 Å². The summed E-state index contributed by atoms with van der Waals surface area (Å²) >= 11 is 5.88. The number of nitrogens with two attached hydrogens (primary N) is 1. The molecule has 0 radical (unpaired) electrons. The van der Waals surface area contributed by atoms with Crippen LogP contribution in [0.4, 0.5) is 0 Å². The van der Waals surface area contributed by atoms with Crippen LogP contribution in [-0.2, 0) is 6.54 Å². The first kappa shape index (κ1) is 9.49. The van der Waals surface area contributed by atoms with Crippen molar-refractivity contribution in [2.75, 3.05) is 6.54 Å². The zero-order chi connectivity index (χ0) is 9.97. The first-order chi connectivity index (χ1) is 6.81. The number of hydrogen-bond donors (Lipinski definition) is 1. The van der Waals surface area contributed by atoms with Crippen LogP contribution >= 0.6 is 11.6 Å². The van der Waals surface area contributed by atoms with Crippen LogP contribution in [0.25, 0.3) is 10.9 Å². The molecule has 2 aromatic rings. The quantitative estimate of drug-likeness (QED) is 0.841. The zero-order valence-corrected chi connectivity index (χ0v) is 8.54. The van der Waals surface area contributed by atoms with Crippen LogP contribution in [0.2, 0.25) is 5.02 Å². The summed E-state index contributed by atoms with van der Waals surface area (Å²) in [6.07, 6.45) is 2.77. The first-order valence-corrected chi connectivity index (χ1v) is 5.00. The Morgan fingerprint density at radius 3 is 3.07 bits per heavy atom. The lowest BCUT2D eigenvalue weighted by molar-refractivity contribution is 0.602. The summed E-state index contributed by atoms with van der Waals surface area (Å²) in [5.41, 5.74) is 6.56. The molecule has 0 amide bonds. The second kappa shape index (κ2) is 3.98. The molecule has 3 nitrogen and oxygen atoms in total. The smallest absolute Gasteiger partial charge is 0.0683 e. The van der Waals surface area contributed by atoms with E-state index in [1.165, 1.54) is 0 Å². The van der Waals surface area contributed by atoms with Crippen molar-refractivity contribution >= 4 is 22.5 Å². The topological polar surface area (TPSA) is 43.8 Å². The Hall–Kier alpha value is -1.06. The van der Waals surface area contributed by atoms with Crippen molar-refractivity contribution < 1.29 is 0 Å². The van der Waals surface area contributed by atoms with Crippen LogP contribution in [0.15, 0.2) is 24.4 Å². The number of rotatable bonds is 3. The molecule has 0 unspecified atom stereocenters. The lowest BCUT2D eigenvalue weighted by Crippen LogP contribution is -2.06. The number of nitrogens with zero attached hydrogens (tertiary/aromatic N) is 2. The normalized spacial score (nSPS) is 11.0. The maximum absolute atomic E-state index is 5.88. The number of aromatic nitrogens is 2. The molecule has 0 aliphatic heterocycles. The minimum atomic E-state index is 0.689. The third-order valence-electron chi connectivity index (χ3n) is 2.18. The van der Waals surface area contributed by atoms with E-state index in [0.29, 0.717) is 6.54 Å². The lowest BCUT2D eigenvalue weighted by atomic mass is 10.2. The minimum Gasteiger partial charge on any atom is -0.330 e. The molecule has 2 N–H and O–H groups in total. The van der Waals surface area contributed by atoms with Crippen LogP contribution < -0.4 is 5.73 Å². The molecule has 1 aromatic carbocycles. The second-order valence-electron chi connectivity index (χ2n) is 3.21. The van der Waals surface area contributed by atoms with E-state index in [-0.39, 0.29) is 0 Å². The molecular weight excluding hydrogens is 198 g/mol. The van der Waals surface area contributed by atoms with E-state index >= 15 is 0 Å². The SMILES string of the molecule is NCCCn1ncc2cc(Cl)ccc21. The monoisotopic (exact) mass is 209 g/mol. The van der Waals surface area contributed by atoms with E-state index < -0.39 is 0 Å². The van der Waals surface area contributed by atoms with Crippen molar-refractivity contribution in [3.05, 3.63) is 29.4 Å². The van der Waals surface area contributed by atoms with Gasteiger partial charge in [-0.25, -0.2) is 0 Å². The van der Waals surface area contributed by atoms with Crippen molar-refractivity contribution in [1.29, 1.82) is 0 Å². The molecule has 0 saturated carbocycles. The van der Waals surface area contributed by atoms with Crippen LogP contribution in [-0.4, -0.2) is 16.3 Å². The van der Waals surface area contributed by atoms with E-state index in [1.807, 2.05) is 29.1 Å². The van der Waals surface area contributed by atoms with Gasteiger partial charge >= 0.3 is 0 Å².